The van der Waals surface area contributed by atoms with E-state index in [2.05, 4.69) is 56.0 Å². The molecule has 0 saturated carbocycles. The number of thiophene rings is 1. The number of hydrogen-bond donors (Lipinski definition) is 0. The molecule has 3 aromatic heterocycles. The van der Waals surface area contributed by atoms with E-state index >= 15 is 0 Å². The molecule has 0 aliphatic carbocycles. The molecule has 0 aliphatic rings. The van der Waals surface area contributed by atoms with E-state index in [4.69, 9.17) is 4.98 Å². The molecule has 0 N–H and O–H groups in total. The molecule has 0 atom stereocenters. The number of anilines is 1. The topological polar surface area (TPSA) is 20.5 Å². The van der Waals surface area contributed by atoms with Gasteiger partial charge in [-0.25, -0.2) is 4.98 Å². The van der Waals surface area contributed by atoms with Crippen LogP contribution in [0.5, 0.6) is 0 Å². The van der Waals surface area contributed by atoms with Gasteiger partial charge >= 0.3 is 0 Å². The van der Waals surface area contributed by atoms with Gasteiger partial charge in [-0.05, 0) is 23.6 Å². The van der Waals surface area contributed by atoms with E-state index in [-0.39, 0.29) is 0 Å². The third-order valence-electron chi connectivity index (χ3n) is 3.07. The smallest absolute Gasteiger partial charge is 0.152 e. The fraction of sp³-hybridized carbons (Fsp3) is 0.214. The molecule has 5 heteroatoms. The summed E-state index contributed by atoms with van der Waals surface area (Å²) in [7, 11) is 2.09. The average Bonchev–Trinajstić information content (AvgIpc) is 3.04. The number of halogens is 1. The number of alkyl halides is 1. The van der Waals surface area contributed by atoms with Crippen molar-refractivity contribution in [2.24, 2.45) is 0 Å². The molecule has 0 bridgehead atoms. The van der Waals surface area contributed by atoms with Gasteiger partial charge in [0.05, 0.1) is 12.2 Å². The Bertz CT molecular complexity index is 675. The molecule has 0 aliphatic heterocycles. The highest BCUT2D eigenvalue weighted by Crippen LogP contribution is 2.25. The predicted octanol–water partition coefficient (Wildman–Crippen LogP) is 3.93. The lowest BCUT2D eigenvalue weighted by Gasteiger charge is -2.16. The molecule has 0 fully saturated rings. The van der Waals surface area contributed by atoms with Crippen LogP contribution in [-0.2, 0) is 11.9 Å². The Balaban J connectivity index is 1.99. The standard InChI is InChI=1S/C14H14BrN3S/c1-17(10-11-5-4-8-19-11)14-12(9-15)18-7-3-2-6-13(18)16-14/h2-8H,9-10H2,1H3. The second kappa shape index (κ2) is 5.35. The van der Waals surface area contributed by atoms with E-state index in [0.717, 1.165) is 23.3 Å². The molecule has 3 aromatic rings. The first kappa shape index (κ1) is 12.7. The molecule has 0 amide bonds. The fourth-order valence-corrected chi connectivity index (χ4v) is 3.45. The van der Waals surface area contributed by atoms with E-state index in [9.17, 15) is 0 Å². The zero-order chi connectivity index (χ0) is 13.2. The molecule has 19 heavy (non-hydrogen) atoms. The Labute approximate surface area is 124 Å². The Morgan fingerprint density at radius 3 is 2.95 bits per heavy atom. The van der Waals surface area contributed by atoms with Crippen molar-refractivity contribution < 1.29 is 0 Å². The number of rotatable bonds is 4. The second-order valence-corrected chi connectivity index (χ2v) is 5.97. The summed E-state index contributed by atoms with van der Waals surface area (Å²) in [5.74, 6) is 1.04. The Morgan fingerprint density at radius 2 is 2.21 bits per heavy atom. The largest absolute Gasteiger partial charge is 0.353 e. The van der Waals surface area contributed by atoms with E-state index in [1.54, 1.807) is 11.3 Å². The Hall–Kier alpha value is -1.33. The van der Waals surface area contributed by atoms with E-state index in [1.165, 1.54) is 10.6 Å². The first-order chi connectivity index (χ1) is 9.29. The van der Waals surface area contributed by atoms with Crippen molar-refractivity contribution in [1.82, 2.24) is 9.38 Å². The molecular formula is C14H14BrN3S. The minimum Gasteiger partial charge on any atom is -0.353 e. The fourth-order valence-electron chi connectivity index (χ4n) is 2.18. The van der Waals surface area contributed by atoms with Gasteiger partial charge in [0.2, 0.25) is 0 Å². The maximum absolute atomic E-state index is 4.73. The predicted molar refractivity (Wildman–Crippen MR) is 84.2 cm³/mol. The zero-order valence-corrected chi connectivity index (χ0v) is 13.0. The number of imidazole rings is 1. The van der Waals surface area contributed by atoms with Gasteiger partial charge in [-0.15, -0.1) is 11.3 Å². The Kier molecular flexibility index (Phi) is 3.57. The van der Waals surface area contributed by atoms with Crippen molar-refractivity contribution in [3.05, 3.63) is 52.5 Å². The highest BCUT2D eigenvalue weighted by atomic mass is 79.9. The second-order valence-electron chi connectivity index (χ2n) is 4.38. The van der Waals surface area contributed by atoms with Gasteiger partial charge in [0, 0.05) is 23.5 Å². The molecule has 98 valence electrons. The van der Waals surface area contributed by atoms with Crippen LogP contribution in [0.4, 0.5) is 5.82 Å². The molecular weight excluding hydrogens is 322 g/mol. The van der Waals surface area contributed by atoms with Crippen molar-refractivity contribution in [1.29, 1.82) is 0 Å². The van der Waals surface area contributed by atoms with Crippen LogP contribution >= 0.6 is 27.3 Å². The summed E-state index contributed by atoms with van der Waals surface area (Å²) in [4.78, 5) is 8.28. The van der Waals surface area contributed by atoms with Crippen LogP contribution in [0.2, 0.25) is 0 Å². The number of fused-ring (bicyclic) bond motifs is 1. The molecule has 3 heterocycles. The summed E-state index contributed by atoms with van der Waals surface area (Å²) in [5.41, 5.74) is 2.18. The van der Waals surface area contributed by atoms with E-state index in [1.807, 2.05) is 18.2 Å². The van der Waals surface area contributed by atoms with Crippen molar-refractivity contribution in [2.45, 2.75) is 11.9 Å². The maximum atomic E-state index is 4.73. The molecule has 0 saturated heterocycles. The van der Waals surface area contributed by atoms with Crippen molar-refractivity contribution in [3.8, 4) is 0 Å². The van der Waals surface area contributed by atoms with Gasteiger partial charge in [-0.3, -0.25) is 0 Å². The van der Waals surface area contributed by atoms with Gasteiger partial charge in [0.1, 0.15) is 5.65 Å². The van der Waals surface area contributed by atoms with Crippen LogP contribution in [0.15, 0.2) is 41.9 Å². The zero-order valence-electron chi connectivity index (χ0n) is 10.6. The van der Waals surface area contributed by atoms with Crippen LogP contribution in [0.25, 0.3) is 5.65 Å². The van der Waals surface area contributed by atoms with Gasteiger partial charge in [0.15, 0.2) is 5.82 Å². The van der Waals surface area contributed by atoms with Crippen LogP contribution in [0, 0.1) is 0 Å². The first-order valence-corrected chi connectivity index (χ1v) is 8.05. The SMILES string of the molecule is CN(Cc1cccs1)c1nc2ccccn2c1CBr. The molecule has 0 unspecified atom stereocenters. The monoisotopic (exact) mass is 335 g/mol. The van der Waals surface area contributed by atoms with Crippen LogP contribution in [0.3, 0.4) is 0 Å². The minimum atomic E-state index is 0.794. The first-order valence-electron chi connectivity index (χ1n) is 6.05. The molecule has 0 aromatic carbocycles. The van der Waals surface area contributed by atoms with E-state index in [0.29, 0.717) is 0 Å². The molecule has 0 spiro atoms. The van der Waals surface area contributed by atoms with Gasteiger partial charge in [0.25, 0.3) is 0 Å². The highest BCUT2D eigenvalue weighted by Gasteiger charge is 2.14. The summed E-state index contributed by atoms with van der Waals surface area (Å²) in [6.45, 7) is 0.890. The maximum Gasteiger partial charge on any atom is 0.152 e. The summed E-state index contributed by atoms with van der Waals surface area (Å²) < 4.78 is 2.13. The minimum absolute atomic E-state index is 0.794. The average molecular weight is 336 g/mol. The number of aromatic nitrogens is 2. The van der Waals surface area contributed by atoms with Gasteiger partial charge < -0.3 is 9.30 Å². The van der Waals surface area contributed by atoms with Crippen molar-refractivity contribution >= 4 is 38.7 Å². The molecule has 3 rings (SSSR count). The lowest BCUT2D eigenvalue weighted by Crippen LogP contribution is -2.17. The normalized spacial score (nSPS) is 11.1. The lowest BCUT2D eigenvalue weighted by molar-refractivity contribution is 0.909. The summed E-state index contributed by atoms with van der Waals surface area (Å²) in [6.07, 6.45) is 2.06. The van der Waals surface area contributed by atoms with Crippen LogP contribution in [0.1, 0.15) is 10.6 Å². The molecule has 0 radical (unpaired) electrons. The summed E-state index contributed by atoms with van der Waals surface area (Å²) >= 11 is 5.35. The number of hydrogen-bond acceptors (Lipinski definition) is 3. The summed E-state index contributed by atoms with van der Waals surface area (Å²) in [6, 6.07) is 10.3. The van der Waals surface area contributed by atoms with Gasteiger partial charge in [-0.2, -0.15) is 0 Å². The van der Waals surface area contributed by atoms with Crippen molar-refractivity contribution in [3.63, 3.8) is 0 Å². The third kappa shape index (κ3) is 2.40. The van der Waals surface area contributed by atoms with Gasteiger partial charge in [-0.1, -0.05) is 28.1 Å². The van der Waals surface area contributed by atoms with Crippen molar-refractivity contribution in [2.75, 3.05) is 11.9 Å². The van der Waals surface area contributed by atoms with E-state index < -0.39 is 0 Å². The number of pyridine rings is 1. The third-order valence-corrected chi connectivity index (χ3v) is 4.46. The van der Waals surface area contributed by atoms with Crippen LogP contribution in [-0.4, -0.2) is 16.4 Å². The number of nitrogens with zero attached hydrogens (tertiary/aromatic N) is 3. The van der Waals surface area contributed by atoms with Crippen LogP contribution < -0.4 is 4.90 Å². The quantitative estimate of drug-likeness (QED) is 0.673. The summed E-state index contributed by atoms with van der Waals surface area (Å²) in [5, 5.41) is 2.90. The molecule has 3 nitrogen and oxygen atoms in total. The lowest BCUT2D eigenvalue weighted by atomic mass is 10.4. The Morgan fingerprint density at radius 1 is 1.32 bits per heavy atom. The highest BCUT2D eigenvalue weighted by molar-refractivity contribution is 9.08.